The lowest BCUT2D eigenvalue weighted by molar-refractivity contribution is -0.136. The summed E-state index contributed by atoms with van der Waals surface area (Å²) >= 11 is 6.10. The highest BCUT2D eigenvalue weighted by molar-refractivity contribution is 6.40. The van der Waals surface area contributed by atoms with E-state index in [0.717, 1.165) is 29.4 Å². The predicted molar refractivity (Wildman–Crippen MR) is 129 cm³/mol. The van der Waals surface area contributed by atoms with Crippen molar-refractivity contribution in [2.24, 2.45) is 0 Å². The molecule has 3 aromatic carbocycles. The number of nitrogens with one attached hydrogen (secondary N) is 2. The van der Waals surface area contributed by atoms with Crippen LogP contribution in [0.2, 0.25) is 5.02 Å². The van der Waals surface area contributed by atoms with Gasteiger partial charge in [-0.1, -0.05) is 54.1 Å². The summed E-state index contributed by atoms with van der Waals surface area (Å²) < 4.78 is 10.6. The Labute approximate surface area is 197 Å². The van der Waals surface area contributed by atoms with Crippen LogP contribution in [0.1, 0.15) is 11.6 Å². The Morgan fingerprint density at radius 1 is 1.06 bits per heavy atom. The molecule has 1 saturated heterocycles. The number of halogens is 1. The van der Waals surface area contributed by atoms with Crippen molar-refractivity contribution in [3.63, 3.8) is 0 Å². The van der Waals surface area contributed by atoms with E-state index in [9.17, 15) is 9.59 Å². The fourth-order valence-corrected chi connectivity index (χ4v) is 4.33. The van der Waals surface area contributed by atoms with Crippen LogP contribution in [-0.2, 0) is 14.3 Å². The fraction of sp³-hybridized carbons (Fsp3) is 0.280. The molecule has 1 aliphatic heterocycles. The van der Waals surface area contributed by atoms with Crippen molar-refractivity contribution in [3.05, 3.63) is 71.2 Å². The zero-order valence-corrected chi connectivity index (χ0v) is 19.1. The molecule has 0 bridgehead atoms. The predicted octanol–water partition coefficient (Wildman–Crippen LogP) is 3.63. The number of morpholine rings is 1. The van der Waals surface area contributed by atoms with Gasteiger partial charge in [-0.05, 0) is 34.5 Å². The van der Waals surface area contributed by atoms with E-state index in [0.29, 0.717) is 36.2 Å². The molecule has 2 N–H and O–H groups in total. The number of carbonyl (C=O) groups excluding carboxylic acids is 2. The van der Waals surface area contributed by atoms with Gasteiger partial charge in [0.1, 0.15) is 5.75 Å². The van der Waals surface area contributed by atoms with Gasteiger partial charge in [-0.3, -0.25) is 14.5 Å². The topological polar surface area (TPSA) is 79.9 Å². The highest BCUT2D eigenvalue weighted by Crippen LogP contribution is 2.29. The maximum absolute atomic E-state index is 12.6. The Kier molecular flexibility index (Phi) is 7.44. The van der Waals surface area contributed by atoms with Gasteiger partial charge in [-0.2, -0.15) is 0 Å². The molecule has 3 aromatic rings. The third-order valence-electron chi connectivity index (χ3n) is 5.74. The summed E-state index contributed by atoms with van der Waals surface area (Å²) in [5, 5.41) is 8.00. The fourth-order valence-electron chi connectivity index (χ4n) is 4.07. The van der Waals surface area contributed by atoms with Crippen LogP contribution in [-0.4, -0.2) is 56.7 Å². The average molecular weight is 468 g/mol. The van der Waals surface area contributed by atoms with Gasteiger partial charge in [-0.15, -0.1) is 0 Å². The molecule has 2 amide bonds. The summed E-state index contributed by atoms with van der Waals surface area (Å²) in [6, 6.07) is 19.0. The lowest BCUT2D eigenvalue weighted by Gasteiger charge is -2.35. The molecule has 33 heavy (non-hydrogen) atoms. The first-order valence-electron chi connectivity index (χ1n) is 10.8. The molecule has 0 radical (unpaired) electrons. The smallest absolute Gasteiger partial charge is 0.313 e. The number of nitrogens with zero attached hydrogens (tertiary/aromatic N) is 1. The van der Waals surface area contributed by atoms with Crippen molar-refractivity contribution < 1.29 is 19.1 Å². The number of ether oxygens (including phenoxy) is 2. The molecule has 1 fully saturated rings. The summed E-state index contributed by atoms with van der Waals surface area (Å²) in [7, 11) is 1.51. The number of anilines is 1. The average Bonchev–Trinajstić information content (AvgIpc) is 2.85. The third kappa shape index (κ3) is 5.45. The van der Waals surface area contributed by atoms with Crippen LogP contribution >= 0.6 is 11.6 Å². The Morgan fingerprint density at radius 2 is 1.82 bits per heavy atom. The lowest BCUT2D eigenvalue weighted by Crippen LogP contribution is -2.45. The molecule has 0 spiro atoms. The van der Waals surface area contributed by atoms with Crippen LogP contribution in [0.15, 0.2) is 60.7 Å². The van der Waals surface area contributed by atoms with Gasteiger partial charge in [0.2, 0.25) is 0 Å². The summed E-state index contributed by atoms with van der Waals surface area (Å²) in [5.41, 5.74) is 1.53. The second kappa shape index (κ2) is 10.7. The highest BCUT2D eigenvalue weighted by atomic mass is 35.5. The first-order chi connectivity index (χ1) is 16.1. The van der Waals surface area contributed by atoms with Gasteiger partial charge in [0.25, 0.3) is 0 Å². The van der Waals surface area contributed by atoms with Crippen LogP contribution in [0.5, 0.6) is 5.75 Å². The van der Waals surface area contributed by atoms with Crippen molar-refractivity contribution in [1.29, 1.82) is 0 Å². The molecule has 0 aliphatic carbocycles. The molecule has 172 valence electrons. The van der Waals surface area contributed by atoms with E-state index < -0.39 is 11.8 Å². The Balaban J connectivity index is 1.49. The van der Waals surface area contributed by atoms with Crippen molar-refractivity contribution in [1.82, 2.24) is 10.2 Å². The first kappa shape index (κ1) is 23.0. The van der Waals surface area contributed by atoms with E-state index >= 15 is 0 Å². The van der Waals surface area contributed by atoms with Crippen LogP contribution in [0.25, 0.3) is 10.8 Å². The van der Waals surface area contributed by atoms with Crippen molar-refractivity contribution >= 4 is 39.9 Å². The van der Waals surface area contributed by atoms with E-state index in [1.54, 1.807) is 12.1 Å². The maximum atomic E-state index is 12.6. The molecular formula is C25H26ClN3O4. The van der Waals surface area contributed by atoms with Gasteiger partial charge in [0, 0.05) is 25.3 Å². The van der Waals surface area contributed by atoms with Crippen LogP contribution in [0.3, 0.4) is 0 Å². The molecule has 0 unspecified atom stereocenters. The second-order valence-corrected chi connectivity index (χ2v) is 8.15. The quantitative estimate of drug-likeness (QED) is 0.541. The van der Waals surface area contributed by atoms with E-state index in [4.69, 9.17) is 21.1 Å². The molecule has 0 aromatic heterocycles. The zero-order valence-electron chi connectivity index (χ0n) is 18.3. The molecule has 1 atom stereocenters. The van der Waals surface area contributed by atoms with Gasteiger partial charge in [0.05, 0.1) is 31.4 Å². The highest BCUT2D eigenvalue weighted by Gasteiger charge is 2.26. The van der Waals surface area contributed by atoms with E-state index in [1.165, 1.54) is 13.2 Å². The molecule has 4 rings (SSSR count). The summed E-state index contributed by atoms with van der Waals surface area (Å²) in [4.78, 5) is 27.4. The van der Waals surface area contributed by atoms with Crippen molar-refractivity contribution in [3.8, 4) is 5.75 Å². The summed E-state index contributed by atoms with van der Waals surface area (Å²) in [6.45, 7) is 3.06. The van der Waals surface area contributed by atoms with Crippen LogP contribution in [0, 0.1) is 0 Å². The SMILES string of the molecule is COc1ccc(NC(=O)C(=O)NC[C@H](c2cccc3ccccc23)N2CCOCC2)cc1Cl. The Hall–Kier alpha value is -3.13. The Bertz CT molecular complexity index is 1140. The monoisotopic (exact) mass is 467 g/mol. The van der Waals surface area contributed by atoms with Crippen LogP contribution in [0.4, 0.5) is 5.69 Å². The largest absolute Gasteiger partial charge is 0.495 e. The molecule has 8 heteroatoms. The third-order valence-corrected chi connectivity index (χ3v) is 6.04. The van der Waals surface area contributed by atoms with Crippen molar-refractivity contribution in [2.75, 3.05) is 45.3 Å². The number of hydrogen-bond donors (Lipinski definition) is 2. The van der Waals surface area contributed by atoms with Crippen molar-refractivity contribution in [2.45, 2.75) is 6.04 Å². The Morgan fingerprint density at radius 3 is 2.58 bits per heavy atom. The number of hydrogen-bond acceptors (Lipinski definition) is 5. The minimum Gasteiger partial charge on any atom is -0.495 e. The number of rotatable bonds is 6. The minimum atomic E-state index is -0.755. The molecular weight excluding hydrogens is 442 g/mol. The van der Waals surface area contributed by atoms with Gasteiger partial charge in [-0.25, -0.2) is 0 Å². The van der Waals surface area contributed by atoms with E-state index in [-0.39, 0.29) is 6.04 Å². The number of amides is 2. The zero-order chi connectivity index (χ0) is 23.2. The first-order valence-corrected chi connectivity index (χ1v) is 11.2. The minimum absolute atomic E-state index is 0.0906. The standard InChI is InChI=1S/C25H26ClN3O4/c1-32-23-10-9-18(15-21(23)26)28-25(31)24(30)27-16-22(29-11-13-33-14-12-29)20-8-4-6-17-5-2-3-7-19(17)20/h2-10,15,22H,11-14,16H2,1H3,(H,27,30)(H,28,31)/t22-/m1/s1. The molecule has 1 aliphatic rings. The summed E-state index contributed by atoms with van der Waals surface area (Å²) in [6.07, 6.45) is 0. The normalized spacial score (nSPS) is 15.1. The second-order valence-electron chi connectivity index (χ2n) is 7.75. The number of carbonyl (C=O) groups is 2. The molecule has 7 nitrogen and oxygen atoms in total. The number of methoxy groups -OCH3 is 1. The number of fused-ring (bicyclic) bond motifs is 1. The summed E-state index contributed by atoms with van der Waals surface area (Å²) in [5.74, 6) is -0.974. The van der Waals surface area contributed by atoms with Gasteiger partial charge >= 0.3 is 11.8 Å². The molecule has 1 heterocycles. The maximum Gasteiger partial charge on any atom is 0.313 e. The molecule has 0 saturated carbocycles. The van der Waals surface area contributed by atoms with E-state index in [1.807, 2.05) is 18.2 Å². The van der Waals surface area contributed by atoms with E-state index in [2.05, 4.69) is 39.8 Å². The van der Waals surface area contributed by atoms with Gasteiger partial charge < -0.3 is 20.1 Å². The van der Waals surface area contributed by atoms with Gasteiger partial charge in [0.15, 0.2) is 0 Å². The number of benzene rings is 3. The lowest BCUT2D eigenvalue weighted by atomic mass is 9.97. The van der Waals surface area contributed by atoms with Crippen LogP contribution < -0.4 is 15.4 Å².